The van der Waals surface area contributed by atoms with Gasteiger partial charge in [0.05, 0.1) is 36.2 Å². The van der Waals surface area contributed by atoms with Gasteiger partial charge in [-0.1, -0.05) is 30.3 Å². The summed E-state index contributed by atoms with van der Waals surface area (Å²) in [5.41, 5.74) is 5.12. The Balaban J connectivity index is 1.37. The lowest BCUT2D eigenvalue weighted by molar-refractivity contribution is -0.131. The van der Waals surface area contributed by atoms with Gasteiger partial charge in [0.2, 0.25) is 5.91 Å². The maximum Gasteiger partial charge on any atom is 0.338 e. The number of ether oxygens (including phenoxy) is 1. The molecule has 0 bridgehead atoms. The van der Waals surface area contributed by atoms with E-state index in [2.05, 4.69) is 20.9 Å². The molecule has 3 N–H and O–H groups in total. The molecule has 2 aliphatic rings. The van der Waals surface area contributed by atoms with Gasteiger partial charge in [-0.05, 0) is 61.5 Å². The molecule has 10 nitrogen and oxygen atoms in total. The second-order valence-electron chi connectivity index (χ2n) is 10.3. The molecule has 3 aromatic rings. The summed E-state index contributed by atoms with van der Waals surface area (Å²) in [4.78, 5) is 54.7. The van der Waals surface area contributed by atoms with Crippen molar-refractivity contribution < 1.29 is 23.9 Å². The molecule has 42 heavy (non-hydrogen) atoms. The maximum atomic E-state index is 13.3. The molecule has 3 aromatic carbocycles. The molecule has 1 fully saturated rings. The van der Waals surface area contributed by atoms with Crippen molar-refractivity contribution >= 4 is 46.3 Å². The quantitative estimate of drug-likeness (QED) is 0.296. The highest BCUT2D eigenvalue weighted by atomic mass is 16.5. The van der Waals surface area contributed by atoms with Crippen molar-refractivity contribution in [2.45, 2.75) is 6.92 Å². The van der Waals surface area contributed by atoms with E-state index in [0.717, 1.165) is 18.7 Å². The number of benzene rings is 3. The third-order valence-corrected chi connectivity index (χ3v) is 7.50. The lowest BCUT2D eigenvalue weighted by Gasteiger charge is -2.32. The van der Waals surface area contributed by atoms with E-state index in [1.807, 2.05) is 37.4 Å². The van der Waals surface area contributed by atoms with Crippen molar-refractivity contribution in [1.29, 1.82) is 0 Å². The van der Waals surface area contributed by atoms with Gasteiger partial charge in [0.25, 0.3) is 11.8 Å². The normalized spacial score (nSPS) is 15.9. The number of rotatable bonds is 7. The van der Waals surface area contributed by atoms with E-state index in [4.69, 9.17) is 4.74 Å². The number of amides is 3. The summed E-state index contributed by atoms with van der Waals surface area (Å²) >= 11 is 0. The van der Waals surface area contributed by atoms with E-state index in [9.17, 15) is 19.2 Å². The Morgan fingerprint density at radius 3 is 2.29 bits per heavy atom. The van der Waals surface area contributed by atoms with E-state index in [1.165, 1.54) is 7.11 Å². The molecule has 2 aliphatic heterocycles. The first-order valence-electron chi connectivity index (χ1n) is 13.7. The summed E-state index contributed by atoms with van der Waals surface area (Å²) in [6.07, 6.45) is 0. The number of aryl methyl sites for hydroxylation is 1. The van der Waals surface area contributed by atoms with Crippen molar-refractivity contribution in [3.8, 4) is 0 Å². The largest absolute Gasteiger partial charge is 0.465 e. The summed E-state index contributed by atoms with van der Waals surface area (Å²) in [6, 6.07) is 19.7. The van der Waals surface area contributed by atoms with E-state index in [1.54, 1.807) is 48.2 Å². The predicted molar refractivity (Wildman–Crippen MR) is 161 cm³/mol. The number of methoxy groups -OCH3 is 1. The molecule has 5 rings (SSSR count). The molecule has 0 atom stereocenters. The number of nitrogens with zero attached hydrogens (tertiary/aromatic N) is 2. The topological polar surface area (TPSA) is 120 Å². The summed E-state index contributed by atoms with van der Waals surface area (Å²) < 4.78 is 4.89. The molecule has 10 heteroatoms. The summed E-state index contributed by atoms with van der Waals surface area (Å²) in [6.45, 7) is 4.68. The van der Waals surface area contributed by atoms with Crippen LogP contribution in [0.3, 0.4) is 0 Å². The average Bonchev–Trinajstić information content (AvgIpc) is 3.32. The molecule has 0 saturated carbocycles. The monoisotopic (exact) mass is 567 g/mol. The van der Waals surface area contributed by atoms with Crippen LogP contribution in [0.5, 0.6) is 0 Å². The van der Waals surface area contributed by atoms with E-state index < -0.39 is 5.97 Å². The van der Waals surface area contributed by atoms with E-state index in [-0.39, 0.29) is 24.3 Å². The van der Waals surface area contributed by atoms with Gasteiger partial charge in [0.15, 0.2) is 0 Å². The highest BCUT2D eigenvalue weighted by Crippen LogP contribution is 2.39. The summed E-state index contributed by atoms with van der Waals surface area (Å²) in [7, 11) is 3.34. The van der Waals surface area contributed by atoms with Gasteiger partial charge < -0.3 is 30.5 Å². The molecule has 2 heterocycles. The Bertz CT molecular complexity index is 1560. The Kier molecular flexibility index (Phi) is 8.35. The third kappa shape index (κ3) is 6.03. The van der Waals surface area contributed by atoms with Crippen LogP contribution in [0.4, 0.5) is 11.4 Å². The molecule has 0 radical (unpaired) electrons. The number of hydrogen-bond acceptors (Lipinski definition) is 7. The van der Waals surface area contributed by atoms with Crippen LogP contribution in [0.25, 0.3) is 11.3 Å². The average molecular weight is 568 g/mol. The number of carbonyl (C=O) groups is 4. The SMILES string of the molecule is COC(=O)c1cc2c(cc1C)/C(=C(\Nc1ccc(C(=O)NCC(=O)N3CCN(C)CC3)cc1)c1ccccc1)C(=O)N2. The van der Waals surface area contributed by atoms with Crippen molar-refractivity contribution in [2.24, 2.45) is 0 Å². The molecule has 216 valence electrons. The van der Waals surface area contributed by atoms with Crippen LogP contribution in [0.15, 0.2) is 66.7 Å². The number of hydrogen-bond donors (Lipinski definition) is 3. The first-order chi connectivity index (χ1) is 20.2. The smallest absolute Gasteiger partial charge is 0.338 e. The molecule has 3 amide bonds. The van der Waals surface area contributed by atoms with Crippen molar-refractivity contribution in [2.75, 3.05) is 57.5 Å². The zero-order valence-corrected chi connectivity index (χ0v) is 23.8. The number of likely N-dealkylation sites (N-methyl/N-ethyl adjacent to an activating group) is 1. The zero-order valence-electron chi connectivity index (χ0n) is 23.8. The predicted octanol–water partition coefficient (Wildman–Crippen LogP) is 3.22. The molecule has 0 unspecified atom stereocenters. The van der Waals surface area contributed by atoms with Crippen molar-refractivity contribution in [3.05, 3.63) is 94.5 Å². The van der Waals surface area contributed by atoms with E-state index >= 15 is 0 Å². The minimum absolute atomic E-state index is 0.0571. The Labute approximate surface area is 244 Å². The molecule has 1 saturated heterocycles. The number of fused-ring (bicyclic) bond motifs is 1. The first-order valence-corrected chi connectivity index (χ1v) is 13.7. The molecule has 0 aliphatic carbocycles. The Morgan fingerprint density at radius 2 is 1.62 bits per heavy atom. The minimum atomic E-state index is -0.476. The second kappa shape index (κ2) is 12.3. The van der Waals surface area contributed by atoms with Crippen LogP contribution >= 0.6 is 0 Å². The van der Waals surface area contributed by atoms with Gasteiger partial charge in [0.1, 0.15) is 0 Å². The van der Waals surface area contributed by atoms with Gasteiger partial charge in [-0.2, -0.15) is 0 Å². The van der Waals surface area contributed by atoms with Crippen LogP contribution < -0.4 is 16.0 Å². The van der Waals surface area contributed by atoms with Crippen molar-refractivity contribution in [3.63, 3.8) is 0 Å². The minimum Gasteiger partial charge on any atom is -0.465 e. The van der Waals surface area contributed by atoms with Gasteiger partial charge in [-0.3, -0.25) is 14.4 Å². The number of nitrogens with one attached hydrogen (secondary N) is 3. The van der Waals surface area contributed by atoms with Gasteiger partial charge >= 0.3 is 5.97 Å². The molecule has 0 spiro atoms. The van der Waals surface area contributed by atoms with E-state index in [0.29, 0.717) is 58.0 Å². The lowest BCUT2D eigenvalue weighted by atomic mass is 9.96. The van der Waals surface area contributed by atoms with Crippen LogP contribution in [0.2, 0.25) is 0 Å². The zero-order chi connectivity index (χ0) is 29.8. The summed E-state index contributed by atoms with van der Waals surface area (Å²) in [5, 5.41) is 8.96. The Hall–Kier alpha value is -4.96. The number of carbonyl (C=O) groups excluding carboxylic acids is 4. The highest BCUT2D eigenvalue weighted by molar-refractivity contribution is 6.37. The highest BCUT2D eigenvalue weighted by Gasteiger charge is 2.30. The molecular weight excluding hydrogens is 534 g/mol. The summed E-state index contributed by atoms with van der Waals surface area (Å²) in [5.74, 6) is -1.22. The van der Waals surface area contributed by atoms with Crippen LogP contribution in [0, 0.1) is 6.92 Å². The Morgan fingerprint density at radius 1 is 0.929 bits per heavy atom. The van der Waals surface area contributed by atoms with Gasteiger partial charge in [-0.15, -0.1) is 0 Å². The first kappa shape index (κ1) is 28.6. The number of anilines is 2. The van der Waals surface area contributed by atoms with Crippen molar-refractivity contribution in [1.82, 2.24) is 15.1 Å². The fourth-order valence-corrected chi connectivity index (χ4v) is 5.06. The number of piperazine rings is 1. The number of esters is 1. The van der Waals surface area contributed by atoms with Crippen LogP contribution in [-0.4, -0.2) is 80.4 Å². The third-order valence-electron chi connectivity index (χ3n) is 7.50. The molecular formula is C32H33N5O5. The van der Waals surface area contributed by atoms with Gasteiger partial charge in [-0.25, -0.2) is 4.79 Å². The van der Waals surface area contributed by atoms with Gasteiger partial charge in [0, 0.05) is 43.0 Å². The fourth-order valence-electron chi connectivity index (χ4n) is 5.06. The standard InChI is InChI=1S/C32H33N5O5/c1-20-17-25-26(18-24(20)32(41)42-3)35-31(40)28(25)29(21-7-5-4-6-8-21)34-23-11-9-22(10-12-23)30(39)33-19-27(38)37-15-13-36(2)14-16-37/h4-12,17-18,34H,13-16,19H2,1-3H3,(H,33,39)(H,35,40)/b29-28+. The lowest BCUT2D eigenvalue weighted by Crippen LogP contribution is -2.50. The maximum absolute atomic E-state index is 13.3. The van der Waals surface area contributed by atoms with Crippen LogP contribution in [-0.2, 0) is 14.3 Å². The van der Waals surface area contributed by atoms with Crippen LogP contribution in [0.1, 0.15) is 37.4 Å². The molecule has 0 aromatic heterocycles. The fraction of sp³-hybridized carbons (Fsp3) is 0.250. The second-order valence-corrected chi connectivity index (χ2v) is 10.3.